The van der Waals surface area contributed by atoms with Crippen LogP contribution < -0.4 is 9.64 Å². The molecule has 0 saturated heterocycles. The van der Waals surface area contributed by atoms with E-state index in [2.05, 4.69) is 94.9 Å². The molecule has 1 unspecified atom stereocenters. The van der Waals surface area contributed by atoms with Crippen LogP contribution in [0, 0.1) is 0 Å². The van der Waals surface area contributed by atoms with Crippen molar-refractivity contribution in [2.45, 2.75) is 12.5 Å². The number of aromatic hydroxyl groups is 1. The van der Waals surface area contributed by atoms with Crippen LogP contribution in [0.1, 0.15) is 6.42 Å². The molecule has 1 N–H and O–H groups in total. The Hall–Kier alpha value is -5.35. The lowest BCUT2D eigenvalue weighted by Crippen LogP contribution is -2.29. The van der Waals surface area contributed by atoms with Crippen molar-refractivity contribution in [3.8, 4) is 39.5 Å². The van der Waals surface area contributed by atoms with Crippen LogP contribution in [-0.4, -0.2) is 16.1 Å². The lowest BCUT2D eigenvalue weighted by atomic mass is 9.90. The molecule has 1 aliphatic carbocycles. The molecule has 4 heteroatoms. The van der Waals surface area contributed by atoms with Crippen molar-refractivity contribution >= 4 is 33.1 Å². The average molecular weight is 531 g/mol. The molecular weight excluding hydrogens is 504 g/mol. The smallest absolute Gasteiger partial charge is 0.137 e. The fraction of sp³-hybridized carbons (Fsp3) is 0.0541. The minimum atomic E-state index is 0.166. The van der Waals surface area contributed by atoms with E-state index in [-0.39, 0.29) is 11.8 Å². The minimum absolute atomic E-state index is 0.166. The fourth-order valence-corrected chi connectivity index (χ4v) is 6.20. The molecule has 5 aromatic carbocycles. The number of nitrogens with zero attached hydrogens (tertiary/aromatic N) is 2. The van der Waals surface area contributed by atoms with E-state index in [0.29, 0.717) is 0 Å². The van der Waals surface area contributed by atoms with Gasteiger partial charge in [0.05, 0.1) is 11.6 Å². The number of anilines is 2. The number of phenolic OH excluding ortho intramolecular Hbond substituents is 1. The summed E-state index contributed by atoms with van der Waals surface area (Å²) in [6.07, 6.45) is 11.4. The molecule has 1 aromatic heterocycles. The fourth-order valence-electron chi connectivity index (χ4n) is 6.20. The average Bonchev–Trinajstić information content (AvgIpc) is 3.02. The number of phenols is 1. The first-order chi connectivity index (χ1) is 20.2. The van der Waals surface area contributed by atoms with E-state index in [4.69, 9.17) is 4.74 Å². The predicted octanol–water partition coefficient (Wildman–Crippen LogP) is 9.56. The molecule has 0 radical (unpaired) electrons. The van der Waals surface area contributed by atoms with Crippen LogP contribution in [-0.2, 0) is 0 Å². The number of para-hydroxylation sites is 1. The summed E-state index contributed by atoms with van der Waals surface area (Å²) in [5, 5.41) is 13.8. The van der Waals surface area contributed by atoms with Crippen molar-refractivity contribution in [1.29, 1.82) is 0 Å². The summed E-state index contributed by atoms with van der Waals surface area (Å²) < 4.78 is 6.62. The lowest BCUT2D eigenvalue weighted by Gasteiger charge is -2.33. The molecular formula is C37H26N2O2. The van der Waals surface area contributed by atoms with Gasteiger partial charge in [0.15, 0.2) is 0 Å². The number of fused-ring (bicyclic) bond motifs is 3. The van der Waals surface area contributed by atoms with Crippen molar-refractivity contribution in [2.75, 3.05) is 4.90 Å². The normalized spacial score (nSPS) is 15.1. The molecule has 2 aliphatic rings. The molecule has 1 aliphatic heterocycles. The maximum Gasteiger partial charge on any atom is 0.137 e. The Balaban J connectivity index is 1.27. The van der Waals surface area contributed by atoms with Gasteiger partial charge in [-0.25, -0.2) is 0 Å². The van der Waals surface area contributed by atoms with Crippen LogP contribution >= 0.6 is 0 Å². The highest BCUT2D eigenvalue weighted by atomic mass is 16.5. The van der Waals surface area contributed by atoms with E-state index in [1.54, 1.807) is 6.07 Å². The highest BCUT2D eigenvalue weighted by molar-refractivity contribution is 6.10. The molecule has 0 fully saturated rings. The second-order valence-electron chi connectivity index (χ2n) is 10.5. The molecule has 8 rings (SSSR count). The summed E-state index contributed by atoms with van der Waals surface area (Å²) >= 11 is 0. The van der Waals surface area contributed by atoms with Gasteiger partial charge in [0, 0.05) is 45.5 Å². The maximum atomic E-state index is 10.6. The summed E-state index contributed by atoms with van der Waals surface area (Å²) in [6, 6.07) is 35.1. The Morgan fingerprint density at radius 1 is 0.707 bits per heavy atom. The first kappa shape index (κ1) is 23.5. The summed E-state index contributed by atoms with van der Waals surface area (Å²) in [4.78, 5) is 6.99. The molecule has 0 bridgehead atoms. The summed E-state index contributed by atoms with van der Waals surface area (Å²) in [5.41, 5.74) is 7.11. The third-order valence-corrected chi connectivity index (χ3v) is 8.11. The van der Waals surface area contributed by atoms with Gasteiger partial charge in [-0.3, -0.25) is 4.98 Å². The number of rotatable bonds is 4. The van der Waals surface area contributed by atoms with E-state index in [0.717, 1.165) is 73.2 Å². The highest BCUT2D eigenvalue weighted by Gasteiger charge is 2.25. The third-order valence-electron chi connectivity index (χ3n) is 8.11. The van der Waals surface area contributed by atoms with Gasteiger partial charge in [-0.15, -0.1) is 0 Å². The summed E-state index contributed by atoms with van der Waals surface area (Å²) in [6.45, 7) is 0. The molecule has 6 aromatic rings. The van der Waals surface area contributed by atoms with E-state index >= 15 is 0 Å². The zero-order valence-corrected chi connectivity index (χ0v) is 22.2. The van der Waals surface area contributed by atoms with Crippen LogP contribution in [0.5, 0.6) is 17.2 Å². The van der Waals surface area contributed by atoms with E-state index < -0.39 is 0 Å². The second-order valence-corrected chi connectivity index (χ2v) is 10.5. The molecule has 4 nitrogen and oxygen atoms in total. The molecule has 0 amide bonds. The van der Waals surface area contributed by atoms with E-state index in [1.165, 1.54) is 0 Å². The number of pyridine rings is 1. The van der Waals surface area contributed by atoms with Crippen molar-refractivity contribution in [1.82, 2.24) is 4.98 Å². The monoisotopic (exact) mass is 530 g/mol. The van der Waals surface area contributed by atoms with Crippen LogP contribution in [0.4, 0.5) is 11.4 Å². The van der Waals surface area contributed by atoms with Gasteiger partial charge in [-0.1, -0.05) is 72.8 Å². The highest BCUT2D eigenvalue weighted by Crippen LogP contribution is 2.50. The molecule has 41 heavy (non-hydrogen) atoms. The van der Waals surface area contributed by atoms with E-state index in [9.17, 15) is 5.11 Å². The van der Waals surface area contributed by atoms with Crippen molar-refractivity contribution < 1.29 is 9.84 Å². The summed E-state index contributed by atoms with van der Waals surface area (Å²) in [7, 11) is 0. The number of ether oxygens (including phenoxy) is 1. The van der Waals surface area contributed by atoms with Gasteiger partial charge < -0.3 is 14.7 Å². The third kappa shape index (κ3) is 3.87. The van der Waals surface area contributed by atoms with Crippen molar-refractivity contribution in [3.05, 3.63) is 134 Å². The second kappa shape index (κ2) is 9.39. The standard InChI is InChI=1S/C37H26N2O2/c40-34-14-5-4-11-29(34)28-19-20-35-37-31(28)12-6-13-32(37)30-18-17-27(23-36(30)41-35)39(25-9-2-1-3-10-25)26-16-15-24-8-7-21-38-33(24)22-26/h1-9,11-23,25,40H,10H2. The topological polar surface area (TPSA) is 45.6 Å². The van der Waals surface area contributed by atoms with Crippen molar-refractivity contribution in [3.63, 3.8) is 0 Å². The number of hydrogen-bond acceptors (Lipinski definition) is 4. The Morgan fingerprint density at radius 2 is 1.56 bits per heavy atom. The quantitative estimate of drug-likeness (QED) is 0.246. The molecule has 1 atom stereocenters. The van der Waals surface area contributed by atoms with Gasteiger partial charge in [-0.05, 0) is 71.5 Å². The number of allylic oxidation sites excluding steroid dienone is 2. The Labute approximate surface area is 238 Å². The van der Waals surface area contributed by atoms with Gasteiger partial charge in [0.2, 0.25) is 0 Å². The van der Waals surface area contributed by atoms with Gasteiger partial charge in [0.25, 0.3) is 0 Å². The Morgan fingerprint density at radius 3 is 2.46 bits per heavy atom. The van der Waals surface area contributed by atoms with Gasteiger partial charge in [-0.2, -0.15) is 0 Å². The summed E-state index contributed by atoms with van der Waals surface area (Å²) in [5.74, 6) is 1.92. The number of hydrogen-bond donors (Lipinski definition) is 1. The zero-order chi connectivity index (χ0) is 27.3. The molecule has 0 saturated carbocycles. The van der Waals surface area contributed by atoms with Gasteiger partial charge in [0.1, 0.15) is 17.2 Å². The van der Waals surface area contributed by atoms with Crippen LogP contribution in [0.25, 0.3) is 43.9 Å². The Kier molecular flexibility index (Phi) is 5.39. The first-order valence-electron chi connectivity index (χ1n) is 13.9. The van der Waals surface area contributed by atoms with Gasteiger partial charge >= 0.3 is 0 Å². The van der Waals surface area contributed by atoms with E-state index in [1.807, 2.05) is 42.6 Å². The van der Waals surface area contributed by atoms with Crippen LogP contribution in [0.15, 0.2) is 134 Å². The predicted molar refractivity (Wildman–Crippen MR) is 167 cm³/mol. The SMILES string of the molecule is Oc1ccccc1-c1ccc2c3c(cccc13)-c1ccc(N(c3ccc4cccnc4c3)C3C=CC=CC3)cc1O2. The Bertz CT molecular complexity index is 2040. The lowest BCUT2D eigenvalue weighted by molar-refractivity contribution is 0.477. The van der Waals surface area contributed by atoms with Crippen LogP contribution in [0.3, 0.4) is 0 Å². The van der Waals surface area contributed by atoms with Crippen molar-refractivity contribution in [2.24, 2.45) is 0 Å². The molecule has 2 heterocycles. The number of aromatic nitrogens is 1. The molecule has 0 spiro atoms. The maximum absolute atomic E-state index is 10.6. The first-order valence-corrected chi connectivity index (χ1v) is 13.9. The minimum Gasteiger partial charge on any atom is -0.507 e. The number of benzene rings is 5. The van der Waals surface area contributed by atoms with Crippen LogP contribution in [0.2, 0.25) is 0 Å². The largest absolute Gasteiger partial charge is 0.507 e. The molecule has 196 valence electrons. The zero-order valence-electron chi connectivity index (χ0n) is 22.2.